The van der Waals surface area contributed by atoms with Crippen molar-refractivity contribution in [3.05, 3.63) is 0 Å². The highest BCUT2D eigenvalue weighted by atomic mass is 16.4. The van der Waals surface area contributed by atoms with Crippen molar-refractivity contribution >= 4 is 12.0 Å². The van der Waals surface area contributed by atoms with Crippen LogP contribution in [0, 0.1) is 11.8 Å². The van der Waals surface area contributed by atoms with Crippen molar-refractivity contribution in [2.45, 2.75) is 52.0 Å². The first kappa shape index (κ1) is 14.8. The molecule has 1 unspecified atom stereocenters. The smallest absolute Gasteiger partial charge is 0.326 e. The van der Waals surface area contributed by atoms with Gasteiger partial charge in [-0.1, -0.05) is 39.5 Å². The highest BCUT2D eigenvalue weighted by molar-refractivity contribution is 5.82. The maximum atomic E-state index is 11.6. The minimum atomic E-state index is -0.990. The molecule has 0 heterocycles. The molecule has 0 radical (unpaired) electrons. The number of carbonyl (C=O) groups is 2. The number of hydrogen-bond donors (Lipinski definition) is 3. The van der Waals surface area contributed by atoms with Gasteiger partial charge in [-0.15, -0.1) is 0 Å². The Morgan fingerprint density at radius 3 is 2.39 bits per heavy atom. The third-order valence-electron chi connectivity index (χ3n) is 3.53. The molecule has 1 atom stereocenters. The number of hydrogen-bond acceptors (Lipinski definition) is 2. The van der Waals surface area contributed by atoms with Gasteiger partial charge in [-0.2, -0.15) is 0 Å². The van der Waals surface area contributed by atoms with Crippen LogP contribution in [0.4, 0.5) is 4.79 Å². The van der Waals surface area contributed by atoms with Crippen LogP contribution >= 0.6 is 0 Å². The predicted molar refractivity (Wildman–Crippen MR) is 69.4 cm³/mol. The number of aliphatic carboxylic acids is 1. The molecule has 1 saturated carbocycles. The molecule has 0 aliphatic heterocycles. The Kier molecular flexibility index (Phi) is 5.95. The summed E-state index contributed by atoms with van der Waals surface area (Å²) >= 11 is 0. The first-order valence-corrected chi connectivity index (χ1v) is 6.78. The van der Waals surface area contributed by atoms with Crippen LogP contribution in [-0.4, -0.2) is 29.7 Å². The maximum Gasteiger partial charge on any atom is 0.326 e. The SMILES string of the molecule is CC(C)C(NC(=O)NCCC1CCCC1)C(=O)O. The highest BCUT2D eigenvalue weighted by Crippen LogP contribution is 2.26. The zero-order valence-electron chi connectivity index (χ0n) is 11.2. The average molecular weight is 256 g/mol. The standard InChI is InChI=1S/C13H24N2O3/c1-9(2)11(12(16)17)15-13(18)14-8-7-10-5-3-4-6-10/h9-11H,3-8H2,1-2H3,(H,16,17)(H2,14,15,18). The fourth-order valence-corrected chi connectivity index (χ4v) is 2.39. The second kappa shape index (κ2) is 7.24. The van der Waals surface area contributed by atoms with Crippen LogP contribution in [0.1, 0.15) is 46.0 Å². The van der Waals surface area contributed by atoms with E-state index in [-0.39, 0.29) is 11.9 Å². The summed E-state index contributed by atoms with van der Waals surface area (Å²) in [5.41, 5.74) is 0. The summed E-state index contributed by atoms with van der Waals surface area (Å²) in [5.74, 6) is -0.385. The third-order valence-corrected chi connectivity index (χ3v) is 3.53. The Bertz CT molecular complexity index is 286. The van der Waals surface area contributed by atoms with Gasteiger partial charge in [0, 0.05) is 6.54 Å². The largest absolute Gasteiger partial charge is 0.480 e. The lowest BCUT2D eigenvalue weighted by molar-refractivity contribution is -0.140. The fourth-order valence-electron chi connectivity index (χ4n) is 2.39. The van der Waals surface area contributed by atoms with E-state index in [1.165, 1.54) is 25.7 Å². The predicted octanol–water partition coefficient (Wildman–Crippen LogP) is 1.98. The van der Waals surface area contributed by atoms with Crippen LogP contribution in [0.25, 0.3) is 0 Å². The summed E-state index contributed by atoms with van der Waals surface area (Å²) < 4.78 is 0. The number of carboxylic acids is 1. The monoisotopic (exact) mass is 256 g/mol. The number of amides is 2. The molecule has 0 saturated heterocycles. The van der Waals surface area contributed by atoms with Gasteiger partial charge in [-0.3, -0.25) is 0 Å². The average Bonchev–Trinajstić information content (AvgIpc) is 2.78. The van der Waals surface area contributed by atoms with Crippen LogP contribution in [0.2, 0.25) is 0 Å². The molecule has 1 rings (SSSR count). The van der Waals surface area contributed by atoms with Crippen molar-refractivity contribution in [2.24, 2.45) is 11.8 Å². The molecular weight excluding hydrogens is 232 g/mol. The number of urea groups is 1. The molecular formula is C13H24N2O3. The number of rotatable bonds is 6. The highest BCUT2D eigenvalue weighted by Gasteiger charge is 2.23. The van der Waals surface area contributed by atoms with Gasteiger partial charge in [-0.05, 0) is 18.3 Å². The molecule has 1 aliphatic rings. The molecule has 3 N–H and O–H groups in total. The summed E-state index contributed by atoms with van der Waals surface area (Å²) in [6, 6.07) is -1.20. The zero-order valence-corrected chi connectivity index (χ0v) is 11.2. The van der Waals surface area contributed by atoms with Gasteiger partial charge >= 0.3 is 12.0 Å². The molecule has 5 heteroatoms. The topological polar surface area (TPSA) is 78.4 Å². The normalized spacial score (nSPS) is 17.7. The Labute approximate surface area is 108 Å². The van der Waals surface area contributed by atoms with Gasteiger partial charge < -0.3 is 15.7 Å². The van der Waals surface area contributed by atoms with E-state index < -0.39 is 12.0 Å². The van der Waals surface area contributed by atoms with E-state index in [4.69, 9.17) is 5.11 Å². The molecule has 1 fully saturated rings. The Morgan fingerprint density at radius 2 is 1.89 bits per heavy atom. The molecule has 5 nitrogen and oxygen atoms in total. The van der Waals surface area contributed by atoms with Crippen LogP contribution < -0.4 is 10.6 Å². The van der Waals surface area contributed by atoms with E-state index in [0.29, 0.717) is 6.54 Å². The third kappa shape index (κ3) is 4.94. The van der Waals surface area contributed by atoms with Crippen molar-refractivity contribution in [1.82, 2.24) is 10.6 Å². The molecule has 104 valence electrons. The first-order chi connectivity index (χ1) is 8.50. The Balaban J connectivity index is 2.21. The molecule has 1 aliphatic carbocycles. The molecule has 0 aromatic heterocycles. The second-order valence-corrected chi connectivity index (χ2v) is 5.40. The van der Waals surface area contributed by atoms with E-state index >= 15 is 0 Å². The number of nitrogens with one attached hydrogen (secondary N) is 2. The number of carboxylic acid groups (broad SMARTS) is 1. The van der Waals surface area contributed by atoms with E-state index in [2.05, 4.69) is 10.6 Å². The minimum absolute atomic E-state index is 0.122. The van der Waals surface area contributed by atoms with Crippen molar-refractivity contribution in [2.75, 3.05) is 6.54 Å². The summed E-state index contributed by atoms with van der Waals surface area (Å²) in [7, 11) is 0. The molecule has 0 bridgehead atoms. The van der Waals surface area contributed by atoms with Gasteiger partial charge in [0.25, 0.3) is 0 Å². The molecule has 2 amide bonds. The van der Waals surface area contributed by atoms with Gasteiger partial charge in [0.05, 0.1) is 0 Å². The van der Waals surface area contributed by atoms with Gasteiger partial charge in [0.2, 0.25) is 0 Å². The fraction of sp³-hybridized carbons (Fsp3) is 0.846. The maximum absolute atomic E-state index is 11.6. The zero-order chi connectivity index (χ0) is 13.5. The minimum Gasteiger partial charge on any atom is -0.480 e. The number of carbonyl (C=O) groups excluding carboxylic acids is 1. The Morgan fingerprint density at radius 1 is 1.28 bits per heavy atom. The molecule has 0 aromatic carbocycles. The van der Waals surface area contributed by atoms with Crippen molar-refractivity contribution in [3.63, 3.8) is 0 Å². The molecule has 0 spiro atoms. The molecule has 0 aromatic rings. The van der Waals surface area contributed by atoms with Crippen molar-refractivity contribution < 1.29 is 14.7 Å². The lowest BCUT2D eigenvalue weighted by Crippen LogP contribution is -2.48. The summed E-state index contributed by atoms with van der Waals surface area (Å²) in [5, 5.41) is 14.2. The van der Waals surface area contributed by atoms with Crippen molar-refractivity contribution in [3.8, 4) is 0 Å². The van der Waals surface area contributed by atoms with E-state index in [9.17, 15) is 9.59 Å². The first-order valence-electron chi connectivity index (χ1n) is 6.78. The second-order valence-electron chi connectivity index (χ2n) is 5.40. The summed E-state index contributed by atoms with van der Waals surface area (Å²) in [6.45, 7) is 4.18. The lowest BCUT2D eigenvalue weighted by Gasteiger charge is -2.18. The van der Waals surface area contributed by atoms with Crippen molar-refractivity contribution in [1.29, 1.82) is 0 Å². The van der Waals surface area contributed by atoms with Gasteiger partial charge in [0.15, 0.2) is 0 Å². The van der Waals surface area contributed by atoms with Crippen LogP contribution in [0.3, 0.4) is 0 Å². The van der Waals surface area contributed by atoms with Gasteiger partial charge in [0.1, 0.15) is 6.04 Å². The van der Waals surface area contributed by atoms with E-state index in [1.54, 1.807) is 13.8 Å². The Hall–Kier alpha value is -1.26. The quantitative estimate of drug-likeness (QED) is 0.680. The van der Waals surface area contributed by atoms with Crippen LogP contribution in [0.5, 0.6) is 0 Å². The van der Waals surface area contributed by atoms with E-state index in [1.807, 2.05) is 0 Å². The summed E-state index contributed by atoms with van der Waals surface area (Å²) in [4.78, 5) is 22.5. The lowest BCUT2D eigenvalue weighted by atomic mass is 10.0. The van der Waals surface area contributed by atoms with Crippen LogP contribution in [-0.2, 0) is 4.79 Å². The molecule has 18 heavy (non-hydrogen) atoms. The van der Waals surface area contributed by atoms with E-state index in [0.717, 1.165) is 12.3 Å². The van der Waals surface area contributed by atoms with Gasteiger partial charge in [-0.25, -0.2) is 9.59 Å². The summed E-state index contributed by atoms with van der Waals surface area (Å²) in [6.07, 6.45) is 6.10. The van der Waals surface area contributed by atoms with Crippen LogP contribution in [0.15, 0.2) is 0 Å².